The number of carboxylic acid groups (broad SMARTS) is 3. The summed E-state index contributed by atoms with van der Waals surface area (Å²) in [4.78, 5) is 28.8. The first kappa shape index (κ1) is 31.3. The van der Waals surface area contributed by atoms with Gasteiger partial charge in [-0.1, -0.05) is 19.7 Å². The van der Waals surface area contributed by atoms with E-state index in [1.165, 1.54) is 20.8 Å². The predicted octanol–water partition coefficient (Wildman–Crippen LogP) is 0.329. The fraction of sp³-hybridized carbons (Fsp3) is 0.438. The van der Waals surface area contributed by atoms with E-state index in [1.807, 2.05) is 0 Å². The minimum atomic E-state index is -2.45. The van der Waals surface area contributed by atoms with Crippen molar-refractivity contribution in [3.05, 3.63) is 36.5 Å². The average Bonchev–Trinajstić information content (AvgIpc) is 2.37. The standard InChI is InChI=1S/C4H10O4.3C4H6O2/c1-3(5,6)4(2,7)8;3*1-3(2)4(5)6/h5-8H,1-2H3;3*1H2,2H3,(H,5,6). The van der Waals surface area contributed by atoms with Gasteiger partial charge in [-0.05, 0) is 34.6 Å². The van der Waals surface area contributed by atoms with Crippen LogP contribution in [0.5, 0.6) is 0 Å². The van der Waals surface area contributed by atoms with Gasteiger partial charge in [0.05, 0.1) is 0 Å². The second kappa shape index (κ2) is 13.7. The van der Waals surface area contributed by atoms with Crippen LogP contribution in [0.1, 0.15) is 34.6 Å². The van der Waals surface area contributed by atoms with Crippen LogP contribution in [0.3, 0.4) is 0 Å². The molecular weight excluding hydrogens is 352 g/mol. The van der Waals surface area contributed by atoms with Crippen molar-refractivity contribution in [2.24, 2.45) is 0 Å². The number of rotatable bonds is 4. The van der Waals surface area contributed by atoms with E-state index < -0.39 is 29.5 Å². The third-order valence-corrected chi connectivity index (χ3v) is 1.99. The first-order chi connectivity index (χ1) is 11.2. The van der Waals surface area contributed by atoms with Gasteiger partial charge in [0.25, 0.3) is 0 Å². The van der Waals surface area contributed by atoms with E-state index in [0.717, 1.165) is 13.8 Å². The minimum absolute atomic E-state index is 0.176. The Hall–Kier alpha value is -2.53. The van der Waals surface area contributed by atoms with Crippen LogP contribution in [-0.2, 0) is 14.4 Å². The zero-order valence-corrected chi connectivity index (χ0v) is 15.5. The Morgan fingerprint density at radius 3 is 0.654 bits per heavy atom. The van der Waals surface area contributed by atoms with Crippen molar-refractivity contribution < 1.29 is 50.1 Å². The Labute approximate surface area is 151 Å². The summed E-state index contributed by atoms with van der Waals surface area (Å²) in [5, 5.41) is 57.3. The van der Waals surface area contributed by atoms with E-state index in [2.05, 4.69) is 19.7 Å². The maximum atomic E-state index is 9.60. The van der Waals surface area contributed by atoms with Gasteiger partial charge in [-0.3, -0.25) is 0 Å². The molecule has 0 radical (unpaired) electrons. The number of hydrogen-bond donors (Lipinski definition) is 7. The maximum Gasteiger partial charge on any atom is 0.330 e. The quantitative estimate of drug-likeness (QED) is 0.264. The number of carbonyl (C=O) groups is 3. The number of aliphatic carboxylic acids is 3. The molecule has 0 saturated heterocycles. The second-order valence-electron chi connectivity index (χ2n) is 5.30. The van der Waals surface area contributed by atoms with E-state index in [0.29, 0.717) is 0 Å². The summed E-state index contributed by atoms with van der Waals surface area (Å²) < 4.78 is 0. The number of hydrogen-bond acceptors (Lipinski definition) is 7. The Bertz CT molecular complexity index is 413. The van der Waals surface area contributed by atoms with Crippen LogP contribution >= 0.6 is 0 Å². The van der Waals surface area contributed by atoms with Gasteiger partial charge >= 0.3 is 17.9 Å². The molecule has 10 nitrogen and oxygen atoms in total. The lowest BCUT2D eigenvalue weighted by Gasteiger charge is -2.27. The SMILES string of the molecule is C=C(C)C(=O)O.C=C(C)C(=O)O.C=C(C)C(=O)O.CC(O)(O)C(C)(O)O. The monoisotopic (exact) mass is 380 g/mol. The Balaban J connectivity index is -0.000000125. The summed E-state index contributed by atoms with van der Waals surface area (Å²) in [7, 11) is 0. The molecule has 0 spiro atoms. The highest BCUT2D eigenvalue weighted by atomic mass is 16.6. The topological polar surface area (TPSA) is 193 Å². The third kappa shape index (κ3) is 26.4. The van der Waals surface area contributed by atoms with Crippen LogP contribution in [0.4, 0.5) is 0 Å². The molecule has 0 amide bonds. The molecular formula is C16H28O10. The fourth-order valence-electron chi connectivity index (χ4n) is 0. The van der Waals surface area contributed by atoms with E-state index in [9.17, 15) is 14.4 Å². The van der Waals surface area contributed by atoms with Crippen LogP contribution in [-0.4, -0.2) is 65.2 Å². The lowest BCUT2D eigenvalue weighted by Crippen LogP contribution is -2.49. The number of carboxylic acids is 3. The summed E-state index contributed by atoms with van der Waals surface area (Å²) in [5.74, 6) is -7.71. The molecule has 0 bridgehead atoms. The van der Waals surface area contributed by atoms with E-state index >= 15 is 0 Å². The molecule has 0 heterocycles. The Morgan fingerprint density at radius 1 is 0.577 bits per heavy atom. The summed E-state index contributed by atoms with van der Waals surface area (Å²) in [6.07, 6.45) is 0. The largest absolute Gasteiger partial charge is 0.478 e. The van der Waals surface area contributed by atoms with Crippen molar-refractivity contribution in [2.45, 2.75) is 46.2 Å². The zero-order valence-electron chi connectivity index (χ0n) is 15.5. The van der Waals surface area contributed by atoms with Crippen molar-refractivity contribution in [1.29, 1.82) is 0 Å². The summed E-state index contributed by atoms with van der Waals surface area (Å²) in [5.41, 5.74) is 0.528. The molecule has 0 aromatic carbocycles. The molecule has 0 atom stereocenters. The highest BCUT2D eigenvalue weighted by Crippen LogP contribution is 2.13. The molecule has 0 aliphatic carbocycles. The van der Waals surface area contributed by atoms with Gasteiger partial charge in [0.1, 0.15) is 0 Å². The van der Waals surface area contributed by atoms with Crippen LogP contribution in [0, 0.1) is 0 Å². The molecule has 0 rings (SSSR count). The maximum absolute atomic E-state index is 9.60. The second-order valence-corrected chi connectivity index (χ2v) is 5.30. The molecule has 152 valence electrons. The summed E-state index contributed by atoms with van der Waals surface area (Å²) >= 11 is 0. The third-order valence-electron chi connectivity index (χ3n) is 1.99. The highest BCUT2D eigenvalue weighted by Gasteiger charge is 2.37. The highest BCUT2D eigenvalue weighted by molar-refractivity contribution is 5.85. The first-order valence-electron chi connectivity index (χ1n) is 6.74. The van der Waals surface area contributed by atoms with E-state index in [1.54, 1.807) is 0 Å². The molecule has 7 N–H and O–H groups in total. The number of aliphatic hydroxyl groups is 4. The van der Waals surface area contributed by atoms with Gasteiger partial charge in [0, 0.05) is 16.7 Å². The average molecular weight is 380 g/mol. The van der Waals surface area contributed by atoms with Crippen molar-refractivity contribution in [3.63, 3.8) is 0 Å². The molecule has 0 aliphatic rings. The molecule has 0 aliphatic heterocycles. The molecule has 0 unspecified atom stereocenters. The van der Waals surface area contributed by atoms with Crippen molar-refractivity contribution >= 4 is 17.9 Å². The van der Waals surface area contributed by atoms with Gasteiger partial charge in [-0.15, -0.1) is 0 Å². The van der Waals surface area contributed by atoms with Crippen molar-refractivity contribution in [3.8, 4) is 0 Å². The molecule has 0 aromatic rings. The lowest BCUT2D eigenvalue weighted by atomic mass is 10.1. The lowest BCUT2D eigenvalue weighted by molar-refractivity contribution is -0.339. The van der Waals surface area contributed by atoms with Crippen LogP contribution in [0.15, 0.2) is 36.5 Å². The molecule has 0 saturated carbocycles. The molecule has 26 heavy (non-hydrogen) atoms. The van der Waals surface area contributed by atoms with Crippen molar-refractivity contribution in [2.75, 3.05) is 0 Å². The minimum Gasteiger partial charge on any atom is -0.478 e. The Kier molecular flexibility index (Phi) is 16.5. The summed E-state index contributed by atoms with van der Waals surface area (Å²) in [6, 6.07) is 0. The zero-order chi connectivity index (χ0) is 22.5. The smallest absolute Gasteiger partial charge is 0.330 e. The van der Waals surface area contributed by atoms with Crippen LogP contribution < -0.4 is 0 Å². The van der Waals surface area contributed by atoms with Gasteiger partial charge < -0.3 is 35.7 Å². The fourth-order valence-corrected chi connectivity index (χ4v) is 0. The van der Waals surface area contributed by atoms with Gasteiger partial charge in [0.15, 0.2) is 0 Å². The van der Waals surface area contributed by atoms with E-state index in [-0.39, 0.29) is 16.7 Å². The van der Waals surface area contributed by atoms with E-state index in [4.69, 9.17) is 35.7 Å². The van der Waals surface area contributed by atoms with Crippen LogP contribution in [0.2, 0.25) is 0 Å². The van der Waals surface area contributed by atoms with Gasteiger partial charge in [-0.2, -0.15) is 0 Å². The normalized spacial score (nSPS) is 9.58. The molecule has 0 fully saturated rings. The van der Waals surface area contributed by atoms with Crippen LogP contribution in [0.25, 0.3) is 0 Å². The Morgan fingerprint density at radius 2 is 0.654 bits per heavy atom. The summed E-state index contributed by atoms with van der Waals surface area (Å²) in [6.45, 7) is 15.6. The predicted molar refractivity (Wildman–Crippen MR) is 93.0 cm³/mol. The first-order valence-corrected chi connectivity index (χ1v) is 6.74. The molecule has 10 heteroatoms. The molecule has 0 aromatic heterocycles. The van der Waals surface area contributed by atoms with Crippen molar-refractivity contribution in [1.82, 2.24) is 0 Å². The van der Waals surface area contributed by atoms with Gasteiger partial charge in [-0.25, -0.2) is 14.4 Å². The van der Waals surface area contributed by atoms with Gasteiger partial charge in [0.2, 0.25) is 11.6 Å².